The van der Waals surface area contributed by atoms with Crippen molar-refractivity contribution in [2.75, 3.05) is 19.7 Å². The lowest BCUT2D eigenvalue weighted by Gasteiger charge is -2.09. The quantitative estimate of drug-likeness (QED) is 0.658. The summed E-state index contributed by atoms with van der Waals surface area (Å²) in [5, 5.41) is 11.6. The first-order chi connectivity index (χ1) is 6.79. The minimum Gasteiger partial charge on any atom is -0.481 e. The van der Waals surface area contributed by atoms with Crippen LogP contribution in [0.2, 0.25) is 0 Å². The number of nitrogens with one attached hydrogen (secondary N) is 1. The molecule has 4 nitrogen and oxygen atoms in total. The number of ether oxygens (including phenoxy) is 1. The molecule has 0 aromatic carbocycles. The van der Waals surface area contributed by atoms with Gasteiger partial charge in [0.05, 0.1) is 6.10 Å². The number of hydrogen-bond donors (Lipinski definition) is 2. The molecule has 15 heavy (non-hydrogen) atoms. The molecule has 0 aromatic rings. The van der Waals surface area contributed by atoms with Gasteiger partial charge in [0.15, 0.2) is 0 Å². The molecular formula is C10H20ClNO3. The van der Waals surface area contributed by atoms with E-state index in [1.54, 1.807) is 0 Å². The molecule has 0 aromatic heterocycles. The molecule has 0 radical (unpaired) electrons. The van der Waals surface area contributed by atoms with Crippen LogP contribution in [0.4, 0.5) is 0 Å². The van der Waals surface area contributed by atoms with Crippen molar-refractivity contribution in [1.82, 2.24) is 5.32 Å². The Hall–Kier alpha value is -0.320. The first-order valence-electron chi connectivity index (χ1n) is 5.33. The highest BCUT2D eigenvalue weighted by Crippen LogP contribution is 2.05. The van der Waals surface area contributed by atoms with E-state index >= 15 is 0 Å². The van der Waals surface area contributed by atoms with Crippen LogP contribution in [0.5, 0.6) is 0 Å². The van der Waals surface area contributed by atoms with Gasteiger partial charge in [-0.1, -0.05) is 6.42 Å². The predicted molar refractivity (Wildman–Crippen MR) is 60.6 cm³/mol. The van der Waals surface area contributed by atoms with Crippen LogP contribution in [0.15, 0.2) is 0 Å². The number of unbranched alkanes of at least 4 members (excludes halogenated alkanes) is 2. The Balaban J connectivity index is 0.00000196. The largest absolute Gasteiger partial charge is 0.481 e. The molecule has 0 spiro atoms. The average molecular weight is 238 g/mol. The molecule has 1 aliphatic rings. The summed E-state index contributed by atoms with van der Waals surface area (Å²) in [5.74, 6) is -0.703. The first kappa shape index (κ1) is 14.7. The second kappa shape index (κ2) is 8.95. The molecular weight excluding hydrogens is 218 g/mol. The van der Waals surface area contributed by atoms with E-state index in [-0.39, 0.29) is 18.8 Å². The van der Waals surface area contributed by atoms with E-state index in [0.717, 1.165) is 45.4 Å². The lowest BCUT2D eigenvalue weighted by atomic mass is 10.2. The van der Waals surface area contributed by atoms with Crippen molar-refractivity contribution in [1.29, 1.82) is 0 Å². The lowest BCUT2D eigenvalue weighted by Crippen LogP contribution is -2.17. The fraction of sp³-hybridized carbons (Fsp3) is 0.900. The average Bonchev–Trinajstić information content (AvgIpc) is 2.63. The van der Waals surface area contributed by atoms with Crippen molar-refractivity contribution < 1.29 is 14.6 Å². The maximum absolute atomic E-state index is 10.2. The molecule has 1 aliphatic heterocycles. The van der Waals surface area contributed by atoms with Crippen LogP contribution < -0.4 is 5.32 Å². The summed E-state index contributed by atoms with van der Waals surface area (Å²) >= 11 is 0. The van der Waals surface area contributed by atoms with E-state index < -0.39 is 5.97 Å². The SMILES string of the molecule is Cl.O=C(O)CCCCCOC1CCNC1. The van der Waals surface area contributed by atoms with Crippen molar-refractivity contribution in [2.24, 2.45) is 0 Å². The second-order valence-corrected chi connectivity index (χ2v) is 3.69. The van der Waals surface area contributed by atoms with Gasteiger partial charge in [-0.2, -0.15) is 0 Å². The number of halogens is 1. The summed E-state index contributed by atoms with van der Waals surface area (Å²) in [6.45, 7) is 2.80. The number of carbonyl (C=O) groups is 1. The number of hydrogen-bond acceptors (Lipinski definition) is 3. The van der Waals surface area contributed by atoms with Gasteiger partial charge in [-0.3, -0.25) is 4.79 Å². The van der Waals surface area contributed by atoms with Crippen LogP contribution in [-0.2, 0) is 9.53 Å². The number of carboxylic acid groups (broad SMARTS) is 1. The fourth-order valence-electron chi connectivity index (χ4n) is 1.58. The fourth-order valence-corrected chi connectivity index (χ4v) is 1.58. The topological polar surface area (TPSA) is 58.6 Å². The Morgan fingerprint density at radius 3 is 2.80 bits per heavy atom. The molecule has 2 N–H and O–H groups in total. The third kappa shape index (κ3) is 7.59. The zero-order valence-electron chi connectivity index (χ0n) is 8.91. The van der Waals surface area contributed by atoms with Crippen molar-refractivity contribution >= 4 is 18.4 Å². The summed E-state index contributed by atoms with van der Waals surface area (Å²) in [6.07, 6.45) is 4.47. The maximum Gasteiger partial charge on any atom is 0.303 e. The van der Waals surface area contributed by atoms with Gasteiger partial charge in [-0.15, -0.1) is 12.4 Å². The zero-order chi connectivity index (χ0) is 10.2. The Kier molecular flexibility index (Phi) is 8.76. The van der Waals surface area contributed by atoms with Crippen molar-refractivity contribution in [3.63, 3.8) is 0 Å². The molecule has 1 atom stereocenters. The molecule has 1 saturated heterocycles. The van der Waals surface area contributed by atoms with Gasteiger partial charge in [0.25, 0.3) is 0 Å². The van der Waals surface area contributed by atoms with E-state index in [0.29, 0.717) is 6.10 Å². The van der Waals surface area contributed by atoms with Gasteiger partial charge in [0.1, 0.15) is 0 Å². The molecule has 1 heterocycles. The smallest absolute Gasteiger partial charge is 0.303 e. The molecule has 5 heteroatoms. The van der Waals surface area contributed by atoms with E-state index in [4.69, 9.17) is 9.84 Å². The van der Waals surface area contributed by atoms with E-state index in [1.807, 2.05) is 0 Å². The standard InChI is InChI=1S/C10H19NO3.ClH/c12-10(13)4-2-1-3-7-14-9-5-6-11-8-9;/h9,11H,1-8H2,(H,12,13);1H. The highest BCUT2D eigenvalue weighted by molar-refractivity contribution is 5.85. The third-order valence-electron chi connectivity index (χ3n) is 2.40. The van der Waals surface area contributed by atoms with E-state index in [9.17, 15) is 4.79 Å². The molecule has 1 fully saturated rings. The van der Waals surface area contributed by atoms with Crippen molar-refractivity contribution in [3.8, 4) is 0 Å². The summed E-state index contributed by atoms with van der Waals surface area (Å²) in [4.78, 5) is 10.2. The summed E-state index contributed by atoms with van der Waals surface area (Å²) in [7, 11) is 0. The Labute approximate surface area is 96.8 Å². The Morgan fingerprint density at radius 2 is 2.20 bits per heavy atom. The van der Waals surface area contributed by atoms with Gasteiger partial charge in [0.2, 0.25) is 0 Å². The van der Waals surface area contributed by atoms with Crippen LogP contribution >= 0.6 is 12.4 Å². The monoisotopic (exact) mass is 237 g/mol. The molecule has 90 valence electrons. The molecule has 0 saturated carbocycles. The van der Waals surface area contributed by atoms with Crippen LogP contribution in [0.3, 0.4) is 0 Å². The predicted octanol–water partition coefficient (Wildman–Crippen LogP) is 1.43. The van der Waals surface area contributed by atoms with Gasteiger partial charge in [-0.05, 0) is 25.8 Å². The Bertz CT molecular complexity index is 172. The summed E-state index contributed by atoms with van der Waals surface area (Å²) in [6, 6.07) is 0. The molecule has 0 aliphatic carbocycles. The molecule has 0 amide bonds. The first-order valence-corrected chi connectivity index (χ1v) is 5.33. The minimum absolute atomic E-state index is 0. The number of carboxylic acids is 1. The van der Waals surface area contributed by atoms with E-state index in [2.05, 4.69) is 5.32 Å². The van der Waals surface area contributed by atoms with Crippen LogP contribution in [0.1, 0.15) is 32.1 Å². The summed E-state index contributed by atoms with van der Waals surface area (Å²) in [5.41, 5.74) is 0. The minimum atomic E-state index is -0.703. The van der Waals surface area contributed by atoms with E-state index in [1.165, 1.54) is 0 Å². The maximum atomic E-state index is 10.2. The van der Waals surface area contributed by atoms with Crippen molar-refractivity contribution in [3.05, 3.63) is 0 Å². The highest BCUT2D eigenvalue weighted by atomic mass is 35.5. The Morgan fingerprint density at radius 1 is 1.40 bits per heavy atom. The second-order valence-electron chi connectivity index (χ2n) is 3.69. The molecule has 1 rings (SSSR count). The lowest BCUT2D eigenvalue weighted by molar-refractivity contribution is -0.137. The number of aliphatic carboxylic acids is 1. The van der Waals surface area contributed by atoms with Crippen LogP contribution in [-0.4, -0.2) is 36.9 Å². The third-order valence-corrected chi connectivity index (χ3v) is 2.40. The zero-order valence-corrected chi connectivity index (χ0v) is 9.72. The van der Waals surface area contributed by atoms with Crippen LogP contribution in [0.25, 0.3) is 0 Å². The normalized spacial score (nSPS) is 19.9. The molecule has 1 unspecified atom stereocenters. The highest BCUT2D eigenvalue weighted by Gasteiger charge is 2.13. The van der Waals surface area contributed by atoms with Crippen molar-refractivity contribution in [2.45, 2.75) is 38.2 Å². The molecule has 0 bridgehead atoms. The van der Waals surface area contributed by atoms with Gasteiger partial charge >= 0.3 is 5.97 Å². The van der Waals surface area contributed by atoms with Gasteiger partial charge < -0.3 is 15.2 Å². The number of rotatable bonds is 7. The van der Waals surface area contributed by atoms with Crippen LogP contribution in [0, 0.1) is 0 Å². The van der Waals surface area contributed by atoms with Gasteiger partial charge in [-0.25, -0.2) is 0 Å². The summed E-state index contributed by atoms with van der Waals surface area (Å²) < 4.78 is 5.60. The van der Waals surface area contributed by atoms with Gasteiger partial charge in [0, 0.05) is 19.6 Å².